The van der Waals surface area contributed by atoms with Crippen molar-refractivity contribution < 1.29 is 14.7 Å². The summed E-state index contributed by atoms with van der Waals surface area (Å²) in [6.07, 6.45) is 5.72. The lowest BCUT2D eigenvalue weighted by Crippen LogP contribution is -2.60. The van der Waals surface area contributed by atoms with Crippen molar-refractivity contribution in [1.82, 2.24) is 20.0 Å². The zero-order chi connectivity index (χ0) is 18.5. The maximum atomic E-state index is 13.2. The zero-order valence-corrected chi connectivity index (χ0v) is 19.7. The van der Waals surface area contributed by atoms with Crippen molar-refractivity contribution in [3.63, 3.8) is 0 Å². The lowest BCUT2D eigenvalue weighted by molar-refractivity contribution is -0.150. The van der Waals surface area contributed by atoms with Crippen LogP contribution in [0.3, 0.4) is 0 Å². The predicted molar refractivity (Wildman–Crippen MR) is 122 cm³/mol. The molecule has 29 heavy (non-hydrogen) atoms. The summed E-state index contributed by atoms with van der Waals surface area (Å²) in [7, 11) is 0. The summed E-state index contributed by atoms with van der Waals surface area (Å²) in [4.78, 5) is 31.2. The Labute approximate surface area is 193 Å². The number of likely N-dealkylation sites (tertiary alicyclic amines) is 1. The molecule has 3 aliphatic rings. The van der Waals surface area contributed by atoms with Crippen molar-refractivity contribution in [2.45, 2.75) is 63.6 Å². The Hall–Kier alpha value is -0.310. The van der Waals surface area contributed by atoms with Gasteiger partial charge in [-0.05, 0) is 51.7 Å². The largest absolute Gasteiger partial charge is 0.480 e. The first-order valence-corrected chi connectivity index (χ1v) is 10.3. The van der Waals surface area contributed by atoms with Gasteiger partial charge in [0.25, 0.3) is 0 Å². The number of carboxylic acids is 1. The highest BCUT2D eigenvalue weighted by atomic mass is 35.5. The van der Waals surface area contributed by atoms with Gasteiger partial charge < -0.3 is 15.3 Å². The zero-order valence-electron chi connectivity index (χ0n) is 17.3. The number of amides is 1. The van der Waals surface area contributed by atoms with Crippen LogP contribution < -0.4 is 5.32 Å². The highest BCUT2D eigenvalue weighted by Crippen LogP contribution is 2.24. The maximum absolute atomic E-state index is 13.2. The molecule has 0 aliphatic carbocycles. The Morgan fingerprint density at radius 2 is 1.59 bits per heavy atom. The number of hydrogen-bond acceptors (Lipinski definition) is 5. The van der Waals surface area contributed by atoms with E-state index in [1.54, 1.807) is 0 Å². The number of aliphatic carboxylic acids is 1. The fourth-order valence-corrected chi connectivity index (χ4v) is 4.83. The maximum Gasteiger partial charge on any atom is 0.320 e. The molecule has 0 saturated carbocycles. The van der Waals surface area contributed by atoms with E-state index < -0.39 is 12.0 Å². The number of carbonyl (C=O) groups excluding carboxylic acids is 1. The molecule has 3 heterocycles. The molecular formula is C19H37Cl3N4O3. The average molecular weight is 476 g/mol. The Bertz CT molecular complexity index is 501. The molecule has 3 rings (SSSR count). The average Bonchev–Trinajstić information content (AvgIpc) is 2.69. The van der Waals surface area contributed by atoms with E-state index in [0.717, 1.165) is 65.1 Å². The lowest BCUT2D eigenvalue weighted by atomic mass is 9.97. The highest BCUT2D eigenvalue weighted by Gasteiger charge is 2.38. The van der Waals surface area contributed by atoms with Gasteiger partial charge in [-0.1, -0.05) is 13.3 Å². The van der Waals surface area contributed by atoms with Crippen molar-refractivity contribution in [3.05, 3.63) is 0 Å². The van der Waals surface area contributed by atoms with E-state index in [2.05, 4.69) is 10.2 Å². The van der Waals surface area contributed by atoms with Crippen molar-refractivity contribution in [1.29, 1.82) is 0 Å². The van der Waals surface area contributed by atoms with Crippen LogP contribution >= 0.6 is 37.2 Å². The number of rotatable bonds is 5. The van der Waals surface area contributed by atoms with Crippen LogP contribution in [-0.2, 0) is 9.59 Å². The molecule has 10 heteroatoms. The van der Waals surface area contributed by atoms with E-state index in [9.17, 15) is 14.7 Å². The molecule has 0 bridgehead atoms. The molecule has 2 N–H and O–H groups in total. The first-order valence-electron chi connectivity index (χ1n) is 10.3. The van der Waals surface area contributed by atoms with Crippen LogP contribution in [0.5, 0.6) is 0 Å². The summed E-state index contributed by atoms with van der Waals surface area (Å²) >= 11 is 0. The van der Waals surface area contributed by atoms with Gasteiger partial charge in [-0.3, -0.25) is 19.4 Å². The van der Waals surface area contributed by atoms with Crippen LogP contribution in [-0.4, -0.2) is 95.6 Å². The number of carboxylic acid groups (broad SMARTS) is 1. The van der Waals surface area contributed by atoms with E-state index in [4.69, 9.17) is 0 Å². The topological polar surface area (TPSA) is 76.1 Å². The van der Waals surface area contributed by atoms with Gasteiger partial charge in [0, 0.05) is 32.2 Å². The Morgan fingerprint density at radius 1 is 0.966 bits per heavy atom. The van der Waals surface area contributed by atoms with Gasteiger partial charge in [0.05, 0.1) is 6.04 Å². The SMILES string of the molecule is CCC(C(=O)O)N1CCCCC1C(=O)N1CCN(C2CCNCC2)CC1.Cl.Cl.Cl. The molecule has 2 unspecified atom stereocenters. The summed E-state index contributed by atoms with van der Waals surface area (Å²) in [6, 6.07) is -0.147. The monoisotopic (exact) mass is 474 g/mol. The van der Waals surface area contributed by atoms with Crippen molar-refractivity contribution >= 4 is 49.1 Å². The standard InChI is InChI=1S/C19H34N4O3.3ClH/c1-2-16(19(25)26)23-10-4-3-5-17(23)18(24)22-13-11-21(12-14-22)15-6-8-20-9-7-15;;;/h15-17,20H,2-14H2,1H3,(H,25,26);3*1H. The Balaban J connectivity index is 0.00000261. The number of piperazine rings is 1. The van der Waals surface area contributed by atoms with Gasteiger partial charge in [0.2, 0.25) is 5.91 Å². The molecule has 1 amide bonds. The Kier molecular flexibility index (Phi) is 13.7. The second-order valence-electron chi connectivity index (χ2n) is 7.85. The highest BCUT2D eigenvalue weighted by molar-refractivity contribution is 5.86. The lowest BCUT2D eigenvalue weighted by Gasteiger charge is -2.44. The first-order chi connectivity index (χ1) is 12.6. The quantitative estimate of drug-likeness (QED) is 0.632. The minimum Gasteiger partial charge on any atom is -0.480 e. The van der Waals surface area contributed by atoms with Crippen LogP contribution in [0.15, 0.2) is 0 Å². The van der Waals surface area contributed by atoms with E-state index in [1.165, 1.54) is 12.8 Å². The fourth-order valence-electron chi connectivity index (χ4n) is 4.83. The van der Waals surface area contributed by atoms with E-state index in [0.29, 0.717) is 12.5 Å². The number of halogens is 3. The smallest absolute Gasteiger partial charge is 0.320 e. The summed E-state index contributed by atoms with van der Waals surface area (Å²) in [6.45, 7) is 8.23. The molecule has 0 spiro atoms. The van der Waals surface area contributed by atoms with Gasteiger partial charge in [-0.2, -0.15) is 0 Å². The number of nitrogens with zero attached hydrogens (tertiary/aromatic N) is 3. The molecule has 172 valence electrons. The van der Waals surface area contributed by atoms with E-state index in [1.807, 2.05) is 16.7 Å². The third kappa shape index (κ3) is 7.11. The van der Waals surface area contributed by atoms with Crippen LogP contribution in [0.4, 0.5) is 0 Å². The molecule has 0 aromatic rings. The third-order valence-corrected chi connectivity index (χ3v) is 6.35. The van der Waals surface area contributed by atoms with Gasteiger partial charge in [-0.25, -0.2) is 0 Å². The van der Waals surface area contributed by atoms with Crippen LogP contribution in [0.2, 0.25) is 0 Å². The second-order valence-corrected chi connectivity index (χ2v) is 7.85. The number of piperidine rings is 2. The summed E-state index contributed by atoms with van der Waals surface area (Å²) in [5.74, 6) is -0.655. The number of carbonyl (C=O) groups is 2. The van der Waals surface area contributed by atoms with Crippen LogP contribution in [0.25, 0.3) is 0 Å². The van der Waals surface area contributed by atoms with Gasteiger partial charge in [0.1, 0.15) is 6.04 Å². The minimum atomic E-state index is -0.803. The molecule has 0 radical (unpaired) electrons. The molecule has 3 fully saturated rings. The second kappa shape index (κ2) is 13.9. The Morgan fingerprint density at radius 3 is 2.14 bits per heavy atom. The van der Waals surface area contributed by atoms with Crippen molar-refractivity contribution in [2.24, 2.45) is 0 Å². The van der Waals surface area contributed by atoms with Gasteiger partial charge in [-0.15, -0.1) is 37.2 Å². The molecule has 3 saturated heterocycles. The van der Waals surface area contributed by atoms with Crippen molar-refractivity contribution in [2.75, 3.05) is 45.8 Å². The molecule has 7 nitrogen and oxygen atoms in total. The van der Waals surface area contributed by atoms with Gasteiger partial charge >= 0.3 is 5.97 Å². The summed E-state index contributed by atoms with van der Waals surface area (Å²) in [5.41, 5.74) is 0. The normalized spacial score (nSPS) is 25.1. The molecule has 3 aliphatic heterocycles. The number of hydrogen-bond donors (Lipinski definition) is 2. The van der Waals surface area contributed by atoms with Crippen LogP contribution in [0, 0.1) is 0 Å². The third-order valence-electron chi connectivity index (χ3n) is 6.35. The number of nitrogens with one attached hydrogen (secondary N) is 1. The summed E-state index contributed by atoms with van der Waals surface area (Å²) < 4.78 is 0. The molecule has 0 aromatic carbocycles. The van der Waals surface area contributed by atoms with E-state index >= 15 is 0 Å². The molecular weight excluding hydrogens is 439 g/mol. The van der Waals surface area contributed by atoms with Crippen LogP contribution in [0.1, 0.15) is 45.4 Å². The van der Waals surface area contributed by atoms with E-state index in [-0.39, 0.29) is 49.2 Å². The minimum absolute atomic E-state index is 0. The first kappa shape index (κ1) is 28.7. The fraction of sp³-hybridized carbons (Fsp3) is 0.895. The predicted octanol–water partition coefficient (Wildman–Crippen LogP) is 1.87. The summed E-state index contributed by atoms with van der Waals surface area (Å²) in [5, 5.41) is 12.9. The molecule has 2 atom stereocenters. The van der Waals surface area contributed by atoms with Gasteiger partial charge in [0.15, 0.2) is 0 Å². The molecule has 0 aromatic heterocycles. The van der Waals surface area contributed by atoms with Crippen molar-refractivity contribution in [3.8, 4) is 0 Å².